The van der Waals surface area contributed by atoms with Gasteiger partial charge in [-0.2, -0.15) is 0 Å². The number of para-hydroxylation sites is 2. The Kier molecular flexibility index (Phi) is 7.98. The summed E-state index contributed by atoms with van der Waals surface area (Å²) in [4.78, 5) is 30.5. The molecule has 0 saturated carbocycles. The second-order valence-corrected chi connectivity index (χ2v) is 8.04. The number of ether oxygens (including phenoxy) is 2. The monoisotopic (exact) mass is 480 g/mol. The number of rotatable bonds is 9. The van der Waals surface area contributed by atoms with E-state index in [0.29, 0.717) is 35.7 Å². The number of anilines is 2. The quantitative estimate of drug-likeness (QED) is 0.308. The van der Waals surface area contributed by atoms with E-state index in [1.807, 2.05) is 60.7 Å². The van der Waals surface area contributed by atoms with Crippen LogP contribution in [0.4, 0.5) is 11.4 Å². The second kappa shape index (κ2) is 11.7. The van der Waals surface area contributed by atoms with E-state index >= 15 is 0 Å². The van der Waals surface area contributed by atoms with Crippen LogP contribution in [0.25, 0.3) is 0 Å². The first-order valence-electron chi connectivity index (χ1n) is 11.6. The molecule has 182 valence electrons. The van der Waals surface area contributed by atoms with E-state index in [9.17, 15) is 9.59 Å². The summed E-state index contributed by atoms with van der Waals surface area (Å²) >= 11 is 0. The predicted octanol–water partition coefficient (Wildman–Crippen LogP) is 5.70. The highest BCUT2D eigenvalue weighted by Gasteiger charge is 2.23. The molecule has 0 atom stereocenters. The van der Waals surface area contributed by atoms with E-state index in [-0.39, 0.29) is 11.8 Å². The van der Waals surface area contributed by atoms with Gasteiger partial charge in [0.15, 0.2) is 0 Å². The first-order valence-corrected chi connectivity index (χ1v) is 11.6. The Morgan fingerprint density at radius 1 is 0.528 bits per heavy atom. The van der Waals surface area contributed by atoms with Gasteiger partial charge in [-0.3, -0.25) is 9.59 Å². The van der Waals surface area contributed by atoms with Crippen molar-refractivity contribution in [3.8, 4) is 11.5 Å². The third-order valence-corrected chi connectivity index (χ3v) is 5.85. The molecule has 4 aromatic rings. The van der Waals surface area contributed by atoms with Crippen LogP contribution in [0.2, 0.25) is 0 Å². The molecule has 0 aromatic heterocycles. The van der Waals surface area contributed by atoms with Crippen molar-refractivity contribution in [1.82, 2.24) is 0 Å². The minimum Gasteiger partial charge on any atom is -0.497 e. The predicted molar refractivity (Wildman–Crippen MR) is 142 cm³/mol. The lowest BCUT2D eigenvalue weighted by molar-refractivity contribution is 0.0968. The van der Waals surface area contributed by atoms with E-state index in [1.165, 1.54) is 0 Å². The first-order chi connectivity index (χ1) is 17.6. The lowest BCUT2D eigenvalue weighted by Gasteiger charge is -2.28. The maximum Gasteiger partial charge on any atom is 0.258 e. The van der Waals surface area contributed by atoms with Crippen LogP contribution in [0, 0.1) is 0 Å². The number of hydrogen-bond acceptors (Lipinski definition) is 4. The molecule has 2 amide bonds. The highest BCUT2D eigenvalue weighted by atomic mass is 16.5. The van der Waals surface area contributed by atoms with Crippen LogP contribution in [-0.2, 0) is 0 Å². The first kappa shape index (κ1) is 24.5. The molecule has 0 spiro atoms. The summed E-state index contributed by atoms with van der Waals surface area (Å²) in [6, 6.07) is 33.0. The van der Waals surface area contributed by atoms with Gasteiger partial charge in [0.2, 0.25) is 0 Å². The van der Waals surface area contributed by atoms with Crippen molar-refractivity contribution in [2.45, 2.75) is 0 Å². The number of amides is 2. The van der Waals surface area contributed by atoms with Crippen LogP contribution in [0.3, 0.4) is 0 Å². The number of methoxy groups -OCH3 is 2. The molecule has 0 aliphatic carbocycles. The third kappa shape index (κ3) is 5.73. The Hall–Kier alpha value is -4.58. The molecule has 0 aliphatic heterocycles. The summed E-state index contributed by atoms with van der Waals surface area (Å²) in [6.07, 6.45) is 0. The van der Waals surface area contributed by atoms with Gasteiger partial charge in [-0.05, 0) is 72.8 Å². The van der Waals surface area contributed by atoms with Gasteiger partial charge < -0.3 is 19.3 Å². The molecule has 6 nitrogen and oxygen atoms in total. The number of nitrogens with zero attached hydrogens (tertiary/aromatic N) is 2. The molecule has 0 aliphatic rings. The topological polar surface area (TPSA) is 59.1 Å². The molecule has 0 heterocycles. The zero-order chi connectivity index (χ0) is 25.3. The fourth-order valence-corrected chi connectivity index (χ4v) is 3.89. The molecule has 0 N–H and O–H groups in total. The maximum absolute atomic E-state index is 13.6. The van der Waals surface area contributed by atoms with E-state index in [0.717, 1.165) is 11.4 Å². The van der Waals surface area contributed by atoms with Crippen molar-refractivity contribution in [3.05, 3.63) is 120 Å². The van der Waals surface area contributed by atoms with Gasteiger partial charge >= 0.3 is 0 Å². The van der Waals surface area contributed by atoms with Crippen LogP contribution in [0.1, 0.15) is 20.7 Å². The van der Waals surface area contributed by atoms with Gasteiger partial charge in [0, 0.05) is 35.6 Å². The molecule has 4 rings (SSSR count). The SMILES string of the molecule is COc1ccc(C(=O)N(CCN(C(=O)c2ccc(OC)cc2)c2ccccc2)c2ccccc2)cc1. The average molecular weight is 481 g/mol. The Morgan fingerprint density at radius 3 is 1.17 bits per heavy atom. The Balaban J connectivity index is 1.63. The number of benzene rings is 4. The Morgan fingerprint density at radius 2 is 0.861 bits per heavy atom. The van der Waals surface area contributed by atoms with Crippen LogP contribution in [-0.4, -0.2) is 39.1 Å². The normalized spacial score (nSPS) is 10.4. The summed E-state index contributed by atoms with van der Waals surface area (Å²) in [5.41, 5.74) is 2.58. The Bertz CT molecular complexity index is 1170. The Labute approximate surface area is 211 Å². The molecule has 6 heteroatoms. The van der Waals surface area contributed by atoms with E-state index < -0.39 is 0 Å². The number of carbonyl (C=O) groups is 2. The van der Waals surface area contributed by atoms with E-state index in [2.05, 4.69) is 0 Å². The molecular weight excluding hydrogens is 452 g/mol. The van der Waals surface area contributed by atoms with E-state index in [1.54, 1.807) is 72.6 Å². The second-order valence-electron chi connectivity index (χ2n) is 8.04. The standard InChI is InChI=1S/C30H28N2O4/c1-35-27-17-13-23(14-18-27)29(33)31(25-9-5-3-6-10-25)21-22-32(26-11-7-4-8-12-26)30(34)24-15-19-28(36-2)20-16-24/h3-20H,21-22H2,1-2H3. The minimum atomic E-state index is -0.159. The van der Waals surface area contributed by atoms with Gasteiger partial charge in [-0.25, -0.2) is 0 Å². The smallest absolute Gasteiger partial charge is 0.258 e. The highest BCUT2D eigenvalue weighted by molar-refractivity contribution is 6.08. The molecule has 0 radical (unpaired) electrons. The van der Waals surface area contributed by atoms with Crippen molar-refractivity contribution in [3.63, 3.8) is 0 Å². The lowest BCUT2D eigenvalue weighted by atomic mass is 10.1. The van der Waals surface area contributed by atoms with Gasteiger partial charge in [0.25, 0.3) is 11.8 Å². The number of carbonyl (C=O) groups excluding carboxylic acids is 2. The summed E-state index contributed by atoms with van der Waals surface area (Å²) in [7, 11) is 3.18. The van der Waals surface area contributed by atoms with Gasteiger partial charge in [-0.15, -0.1) is 0 Å². The molecule has 0 bridgehead atoms. The summed E-state index contributed by atoms with van der Waals surface area (Å²) in [5, 5.41) is 0. The molecule has 0 fully saturated rings. The summed E-state index contributed by atoms with van der Waals surface area (Å²) < 4.78 is 10.5. The molecule has 0 saturated heterocycles. The number of hydrogen-bond donors (Lipinski definition) is 0. The van der Waals surface area contributed by atoms with Crippen LogP contribution in [0.5, 0.6) is 11.5 Å². The van der Waals surface area contributed by atoms with E-state index in [4.69, 9.17) is 9.47 Å². The fourth-order valence-electron chi connectivity index (χ4n) is 3.89. The zero-order valence-electron chi connectivity index (χ0n) is 20.3. The summed E-state index contributed by atoms with van der Waals surface area (Å²) in [6.45, 7) is 0.595. The summed E-state index contributed by atoms with van der Waals surface area (Å²) in [5.74, 6) is 1.04. The van der Waals surface area contributed by atoms with Gasteiger partial charge in [0.1, 0.15) is 11.5 Å². The van der Waals surface area contributed by atoms with Crippen molar-refractivity contribution in [2.24, 2.45) is 0 Å². The molecular formula is C30H28N2O4. The largest absolute Gasteiger partial charge is 0.497 e. The van der Waals surface area contributed by atoms with Crippen LogP contribution in [0.15, 0.2) is 109 Å². The maximum atomic E-state index is 13.6. The zero-order valence-corrected chi connectivity index (χ0v) is 20.3. The van der Waals surface area contributed by atoms with Gasteiger partial charge in [-0.1, -0.05) is 36.4 Å². The van der Waals surface area contributed by atoms with Gasteiger partial charge in [0.05, 0.1) is 14.2 Å². The molecule has 0 unspecified atom stereocenters. The van der Waals surface area contributed by atoms with Crippen LogP contribution >= 0.6 is 0 Å². The van der Waals surface area contributed by atoms with Crippen molar-refractivity contribution in [2.75, 3.05) is 37.1 Å². The highest BCUT2D eigenvalue weighted by Crippen LogP contribution is 2.22. The minimum absolute atomic E-state index is 0.159. The van der Waals surface area contributed by atoms with Crippen LogP contribution < -0.4 is 19.3 Å². The van der Waals surface area contributed by atoms with Crippen molar-refractivity contribution < 1.29 is 19.1 Å². The molecule has 4 aromatic carbocycles. The average Bonchev–Trinajstić information content (AvgIpc) is 2.96. The molecule has 36 heavy (non-hydrogen) atoms. The lowest BCUT2D eigenvalue weighted by Crippen LogP contribution is -2.41. The fraction of sp³-hybridized carbons (Fsp3) is 0.133. The van der Waals surface area contributed by atoms with Crippen molar-refractivity contribution >= 4 is 23.2 Å². The third-order valence-electron chi connectivity index (χ3n) is 5.85. The van der Waals surface area contributed by atoms with Crippen molar-refractivity contribution in [1.29, 1.82) is 0 Å².